The van der Waals surface area contributed by atoms with Gasteiger partial charge in [-0.1, -0.05) is 17.7 Å². The summed E-state index contributed by atoms with van der Waals surface area (Å²) in [7, 11) is 0. The topological polar surface area (TPSA) is 107 Å². The van der Waals surface area contributed by atoms with Gasteiger partial charge >= 0.3 is 0 Å². The van der Waals surface area contributed by atoms with Crippen LogP contribution in [0.3, 0.4) is 0 Å². The number of non-ortho nitro benzene ring substituents is 1. The summed E-state index contributed by atoms with van der Waals surface area (Å²) in [5.74, 6) is -0.449. The van der Waals surface area contributed by atoms with Crippen molar-refractivity contribution in [2.24, 2.45) is 0 Å². The van der Waals surface area contributed by atoms with Crippen molar-refractivity contribution < 1.29 is 9.72 Å². The van der Waals surface area contributed by atoms with Crippen LogP contribution in [0.5, 0.6) is 0 Å². The van der Waals surface area contributed by atoms with Gasteiger partial charge in [0.1, 0.15) is 6.54 Å². The molecule has 8 heteroatoms. The van der Waals surface area contributed by atoms with Crippen LogP contribution in [-0.2, 0) is 11.3 Å². The van der Waals surface area contributed by atoms with Gasteiger partial charge in [0.2, 0.25) is 5.91 Å². The van der Waals surface area contributed by atoms with Gasteiger partial charge in [0, 0.05) is 29.4 Å². The Morgan fingerprint density at radius 2 is 1.83 bits per heavy atom. The van der Waals surface area contributed by atoms with Crippen LogP contribution < -0.4 is 10.9 Å². The largest absolute Gasteiger partial charge is 0.324 e. The van der Waals surface area contributed by atoms with E-state index in [0.29, 0.717) is 16.9 Å². The Morgan fingerprint density at radius 1 is 1.07 bits per heavy atom. The van der Waals surface area contributed by atoms with Gasteiger partial charge in [0.15, 0.2) is 0 Å². The number of nitro groups is 1. The van der Waals surface area contributed by atoms with Gasteiger partial charge in [-0.05, 0) is 50.1 Å². The van der Waals surface area contributed by atoms with Gasteiger partial charge in [-0.2, -0.15) is 5.10 Å². The zero-order chi connectivity index (χ0) is 21.1. The Bertz CT molecular complexity index is 1170. The van der Waals surface area contributed by atoms with Crippen LogP contribution in [-0.4, -0.2) is 20.6 Å². The molecule has 0 aliphatic rings. The fourth-order valence-corrected chi connectivity index (χ4v) is 2.95. The van der Waals surface area contributed by atoms with E-state index in [1.807, 2.05) is 32.0 Å². The van der Waals surface area contributed by atoms with Crippen molar-refractivity contribution in [3.8, 4) is 11.3 Å². The minimum absolute atomic E-state index is 0.0559. The third-order valence-electron chi connectivity index (χ3n) is 4.52. The Hall–Kier alpha value is -3.81. The van der Waals surface area contributed by atoms with E-state index >= 15 is 0 Å². The number of carbonyl (C=O) groups is 1. The molecule has 2 aromatic carbocycles. The second-order valence-corrected chi connectivity index (χ2v) is 6.84. The number of anilines is 1. The summed E-state index contributed by atoms with van der Waals surface area (Å²) in [5.41, 5.74) is 4.12. The van der Waals surface area contributed by atoms with Gasteiger partial charge in [-0.3, -0.25) is 19.7 Å². The first-order chi connectivity index (χ1) is 13.7. The summed E-state index contributed by atoms with van der Waals surface area (Å²) in [5, 5.41) is 17.8. The number of nitro benzene ring substituents is 1. The Balaban J connectivity index is 1.83. The predicted molar refractivity (Wildman–Crippen MR) is 110 cm³/mol. The Morgan fingerprint density at radius 3 is 2.52 bits per heavy atom. The van der Waals surface area contributed by atoms with Crippen molar-refractivity contribution in [2.75, 3.05) is 5.32 Å². The van der Waals surface area contributed by atoms with Crippen molar-refractivity contribution in [1.82, 2.24) is 9.78 Å². The summed E-state index contributed by atoms with van der Waals surface area (Å²) in [6.07, 6.45) is 0. The normalized spacial score (nSPS) is 10.6. The van der Waals surface area contributed by atoms with Gasteiger partial charge in [-0.25, -0.2) is 4.68 Å². The lowest BCUT2D eigenvalue weighted by molar-refractivity contribution is -0.384. The molecule has 0 unspecified atom stereocenters. The predicted octanol–water partition coefficient (Wildman–Crippen LogP) is 3.38. The number of aryl methyl sites for hydroxylation is 3. The molecule has 0 spiro atoms. The van der Waals surface area contributed by atoms with Crippen molar-refractivity contribution in [1.29, 1.82) is 0 Å². The monoisotopic (exact) mass is 392 g/mol. The van der Waals surface area contributed by atoms with Crippen LogP contribution in [0.25, 0.3) is 11.3 Å². The zero-order valence-corrected chi connectivity index (χ0v) is 16.3. The fraction of sp³-hybridized carbons (Fsp3) is 0.190. The van der Waals surface area contributed by atoms with E-state index < -0.39 is 16.4 Å². The van der Waals surface area contributed by atoms with Crippen LogP contribution in [0.1, 0.15) is 16.7 Å². The molecule has 1 heterocycles. The van der Waals surface area contributed by atoms with Crippen LogP contribution in [0, 0.1) is 30.9 Å². The standard InChI is InChI=1S/C21H20N4O4/c1-13-4-5-14(2)17(10-13)19-8-9-21(27)24(23-19)12-20(26)22-18-7-6-16(25(28)29)11-15(18)3/h4-11H,12H2,1-3H3,(H,22,26). The van der Waals surface area contributed by atoms with Crippen molar-refractivity contribution in [3.63, 3.8) is 0 Å². The molecule has 0 saturated heterocycles. The summed E-state index contributed by atoms with van der Waals surface area (Å²) in [4.78, 5) is 34.9. The highest BCUT2D eigenvalue weighted by atomic mass is 16.6. The molecule has 0 atom stereocenters. The third-order valence-corrected chi connectivity index (χ3v) is 4.52. The average Bonchev–Trinajstić information content (AvgIpc) is 2.67. The van der Waals surface area contributed by atoms with E-state index in [4.69, 9.17) is 0 Å². The number of hydrogen-bond donors (Lipinski definition) is 1. The van der Waals surface area contributed by atoms with Crippen molar-refractivity contribution >= 4 is 17.3 Å². The van der Waals surface area contributed by atoms with E-state index in [1.54, 1.807) is 13.0 Å². The molecule has 0 bridgehead atoms. The minimum Gasteiger partial charge on any atom is -0.324 e. The number of aromatic nitrogens is 2. The molecule has 3 aromatic rings. The summed E-state index contributed by atoms with van der Waals surface area (Å²) >= 11 is 0. The van der Waals surface area contributed by atoms with Gasteiger partial charge in [-0.15, -0.1) is 0 Å². The number of nitrogens with zero attached hydrogens (tertiary/aromatic N) is 3. The Labute approximate surface area is 167 Å². The number of benzene rings is 2. The molecule has 0 aliphatic heterocycles. The minimum atomic E-state index is -0.499. The zero-order valence-electron chi connectivity index (χ0n) is 16.3. The number of hydrogen-bond acceptors (Lipinski definition) is 5. The molecule has 8 nitrogen and oxygen atoms in total. The highest BCUT2D eigenvalue weighted by Crippen LogP contribution is 2.22. The number of carbonyl (C=O) groups excluding carboxylic acids is 1. The van der Waals surface area contributed by atoms with Crippen molar-refractivity contribution in [2.45, 2.75) is 27.3 Å². The second kappa shape index (κ2) is 8.05. The molecule has 29 heavy (non-hydrogen) atoms. The highest BCUT2D eigenvalue weighted by molar-refractivity contribution is 5.91. The average molecular weight is 392 g/mol. The lowest BCUT2D eigenvalue weighted by atomic mass is 10.0. The second-order valence-electron chi connectivity index (χ2n) is 6.84. The first kappa shape index (κ1) is 19.9. The number of nitrogens with one attached hydrogen (secondary N) is 1. The smallest absolute Gasteiger partial charge is 0.269 e. The van der Waals surface area contributed by atoms with Crippen LogP contribution in [0.2, 0.25) is 0 Å². The molecule has 0 saturated carbocycles. The Kier molecular flexibility index (Phi) is 5.54. The molecule has 0 fully saturated rings. The summed E-state index contributed by atoms with van der Waals surface area (Å²) in [6, 6.07) is 13.1. The maximum absolute atomic E-state index is 12.4. The van der Waals surface area contributed by atoms with E-state index in [-0.39, 0.29) is 12.2 Å². The van der Waals surface area contributed by atoms with Gasteiger partial charge in [0.05, 0.1) is 10.6 Å². The molecule has 1 aromatic heterocycles. The van der Waals surface area contributed by atoms with Gasteiger partial charge in [0.25, 0.3) is 11.2 Å². The molecule has 3 rings (SSSR count). The lowest BCUT2D eigenvalue weighted by Crippen LogP contribution is -2.29. The van der Waals surface area contributed by atoms with E-state index in [0.717, 1.165) is 21.4 Å². The first-order valence-corrected chi connectivity index (χ1v) is 8.95. The molecule has 1 N–H and O–H groups in total. The maximum Gasteiger partial charge on any atom is 0.269 e. The molecule has 1 amide bonds. The molecule has 0 aliphatic carbocycles. The third kappa shape index (κ3) is 4.55. The van der Waals surface area contributed by atoms with E-state index in [1.165, 1.54) is 24.3 Å². The lowest BCUT2D eigenvalue weighted by Gasteiger charge is -2.11. The molecule has 0 radical (unpaired) electrons. The SMILES string of the molecule is Cc1ccc(C)c(-c2ccc(=O)n(CC(=O)Nc3ccc([N+](=O)[O-])cc3C)n2)c1. The van der Waals surface area contributed by atoms with Crippen molar-refractivity contribution in [3.05, 3.63) is 85.7 Å². The van der Waals surface area contributed by atoms with Crippen LogP contribution in [0.4, 0.5) is 11.4 Å². The molecular formula is C21H20N4O4. The van der Waals surface area contributed by atoms with Gasteiger partial charge < -0.3 is 5.32 Å². The maximum atomic E-state index is 12.4. The van der Waals surface area contributed by atoms with Crippen LogP contribution >= 0.6 is 0 Å². The first-order valence-electron chi connectivity index (χ1n) is 8.95. The summed E-state index contributed by atoms with van der Waals surface area (Å²) in [6.45, 7) is 5.32. The van der Waals surface area contributed by atoms with E-state index in [9.17, 15) is 19.7 Å². The quantitative estimate of drug-likeness (QED) is 0.529. The number of rotatable bonds is 5. The highest BCUT2D eigenvalue weighted by Gasteiger charge is 2.13. The van der Waals surface area contributed by atoms with E-state index in [2.05, 4.69) is 10.4 Å². The fourth-order valence-electron chi connectivity index (χ4n) is 2.95. The van der Waals surface area contributed by atoms with Crippen LogP contribution in [0.15, 0.2) is 53.3 Å². The summed E-state index contributed by atoms with van der Waals surface area (Å²) < 4.78 is 1.10. The number of amides is 1. The molecular weight excluding hydrogens is 372 g/mol. The molecule has 148 valence electrons.